The predicted molar refractivity (Wildman–Crippen MR) is 104 cm³/mol. The maximum atomic E-state index is 12.5. The molecular weight excluding hydrogens is 344 g/mol. The van der Waals surface area contributed by atoms with Gasteiger partial charge in [-0.1, -0.05) is 0 Å². The van der Waals surface area contributed by atoms with E-state index < -0.39 is 5.97 Å². The van der Waals surface area contributed by atoms with E-state index in [0.29, 0.717) is 29.1 Å². The molecule has 2 aromatic heterocycles. The lowest BCUT2D eigenvalue weighted by molar-refractivity contribution is -0.110. The number of hydrogen-bond acceptors (Lipinski definition) is 5. The molecule has 4 rings (SSSR count). The Morgan fingerprint density at radius 2 is 2.11 bits per heavy atom. The molecule has 140 valence electrons. The van der Waals surface area contributed by atoms with Crippen LogP contribution in [-0.4, -0.2) is 41.5 Å². The van der Waals surface area contributed by atoms with Gasteiger partial charge in [-0.15, -0.1) is 0 Å². The third kappa shape index (κ3) is 3.20. The van der Waals surface area contributed by atoms with Gasteiger partial charge < -0.3 is 19.9 Å². The summed E-state index contributed by atoms with van der Waals surface area (Å²) in [7, 11) is 0. The quantitative estimate of drug-likeness (QED) is 0.642. The maximum Gasteiger partial charge on any atom is 0.340 e. The Morgan fingerprint density at radius 3 is 2.85 bits per heavy atom. The van der Waals surface area contributed by atoms with Crippen molar-refractivity contribution < 1.29 is 14.3 Å². The van der Waals surface area contributed by atoms with Gasteiger partial charge in [0.05, 0.1) is 35.3 Å². The van der Waals surface area contributed by atoms with E-state index in [4.69, 9.17) is 4.74 Å². The third-order valence-electron chi connectivity index (χ3n) is 4.87. The van der Waals surface area contributed by atoms with Crippen LogP contribution in [0.5, 0.6) is 0 Å². The smallest absolute Gasteiger partial charge is 0.340 e. The number of fused-ring (bicyclic) bond motifs is 1. The van der Waals surface area contributed by atoms with Crippen LogP contribution >= 0.6 is 0 Å². The van der Waals surface area contributed by atoms with Crippen LogP contribution in [0.15, 0.2) is 18.3 Å². The molecule has 7 nitrogen and oxygen atoms in total. The molecule has 0 bridgehead atoms. The zero-order chi connectivity index (χ0) is 19.0. The fourth-order valence-corrected chi connectivity index (χ4v) is 3.59. The highest BCUT2D eigenvalue weighted by Gasteiger charge is 2.27. The van der Waals surface area contributed by atoms with Crippen molar-refractivity contribution in [2.24, 2.45) is 0 Å². The van der Waals surface area contributed by atoms with E-state index in [1.54, 1.807) is 25.3 Å². The number of amides is 1. The third-order valence-corrected chi connectivity index (χ3v) is 4.87. The van der Waals surface area contributed by atoms with Crippen LogP contribution < -0.4 is 10.2 Å². The number of carbonyl (C=O) groups excluding carboxylic acids is 2. The number of aromatic amines is 1. The van der Waals surface area contributed by atoms with Crippen molar-refractivity contribution in [3.8, 4) is 0 Å². The minimum atomic E-state index is -0.403. The van der Waals surface area contributed by atoms with Gasteiger partial charge in [0.15, 0.2) is 0 Å². The molecule has 0 radical (unpaired) electrons. The van der Waals surface area contributed by atoms with Crippen LogP contribution in [0.3, 0.4) is 0 Å². The molecule has 1 amide bonds. The molecule has 0 saturated carbocycles. The molecule has 0 aliphatic carbocycles. The van der Waals surface area contributed by atoms with E-state index in [1.165, 1.54) is 0 Å². The van der Waals surface area contributed by atoms with Gasteiger partial charge in [0, 0.05) is 24.3 Å². The first-order chi connectivity index (χ1) is 13.1. The van der Waals surface area contributed by atoms with Crippen LogP contribution in [0.1, 0.15) is 47.1 Å². The summed E-state index contributed by atoms with van der Waals surface area (Å²) in [5.41, 5.74) is 3.84. The second kappa shape index (κ2) is 6.90. The Labute approximate surface area is 157 Å². The Kier molecular flexibility index (Phi) is 4.43. The van der Waals surface area contributed by atoms with Crippen LogP contribution in [0.4, 0.5) is 11.5 Å². The number of ether oxygens (including phenoxy) is 1. The zero-order valence-corrected chi connectivity index (χ0v) is 15.5. The van der Waals surface area contributed by atoms with Crippen LogP contribution in [-0.2, 0) is 9.53 Å². The van der Waals surface area contributed by atoms with Crippen molar-refractivity contribution >= 4 is 35.0 Å². The average Bonchev–Trinajstić information content (AvgIpc) is 3.35. The Bertz CT molecular complexity index is 939. The molecule has 0 aromatic carbocycles. The molecule has 27 heavy (non-hydrogen) atoms. The van der Waals surface area contributed by atoms with Crippen molar-refractivity contribution in [1.29, 1.82) is 0 Å². The van der Waals surface area contributed by atoms with Gasteiger partial charge in [-0.2, -0.15) is 0 Å². The first-order valence-corrected chi connectivity index (χ1v) is 9.22. The fraction of sp³-hybridized carbons (Fsp3) is 0.350. The summed E-state index contributed by atoms with van der Waals surface area (Å²) in [6, 6.07) is 3.69. The summed E-state index contributed by atoms with van der Waals surface area (Å²) in [6.45, 7) is 5.89. The summed E-state index contributed by atoms with van der Waals surface area (Å²) in [4.78, 5) is 34.6. The fourth-order valence-electron chi connectivity index (χ4n) is 3.59. The molecule has 1 fully saturated rings. The minimum Gasteiger partial charge on any atom is -0.462 e. The van der Waals surface area contributed by atoms with Crippen molar-refractivity contribution in [3.63, 3.8) is 0 Å². The molecular formula is C20H22N4O3. The van der Waals surface area contributed by atoms with E-state index in [1.807, 2.05) is 13.0 Å². The molecule has 2 aliphatic heterocycles. The van der Waals surface area contributed by atoms with Gasteiger partial charge >= 0.3 is 5.97 Å². The maximum absolute atomic E-state index is 12.5. The van der Waals surface area contributed by atoms with Crippen LogP contribution in [0.25, 0.3) is 11.6 Å². The molecule has 4 heterocycles. The van der Waals surface area contributed by atoms with Gasteiger partial charge in [0.1, 0.15) is 5.82 Å². The van der Waals surface area contributed by atoms with Crippen molar-refractivity contribution in [2.45, 2.75) is 26.7 Å². The number of hydrogen-bond donors (Lipinski definition) is 2. The average molecular weight is 366 g/mol. The van der Waals surface area contributed by atoms with Crippen LogP contribution in [0.2, 0.25) is 0 Å². The number of nitrogens with one attached hydrogen (secondary N) is 2. The monoisotopic (exact) mass is 366 g/mol. The number of nitrogens with zero attached hydrogens (tertiary/aromatic N) is 2. The lowest BCUT2D eigenvalue weighted by atomic mass is 10.1. The lowest BCUT2D eigenvalue weighted by Gasteiger charge is -2.16. The number of esters is 1. The second-order valence-electron chi connectivity index (χ2n) is 6.79. The Morgan fingerprint density at radius 1 is 1.33 bits per heavy atom. The summed E-state index contributed by atoms with van der Waals surface area (Å²) >= 11 is 0. The van der Waals surface area contributed by atoms with Gasteiger partial charge in [-0.05, 0) is 44.9 Å². The molecule has 0 atom stereocenters. The first kappa shape index (κ1) is 17.3. The summed E-state index contributed by atoms with van der Waals surface area (Å²) in [5.74, 6) is 0.272. The topological polar surface area (TPSA) is 87.3 Å². The van der Waals surface area contributed by atoms with Gasteiger partial charge in [-0.25, -0.2) is 9.78 Å². The SMILES string of the molecule is CCOC(=O)c1cc(C)[nH]c1/C=C1\C(=O)Nc2cnc(N3CCCC3)cc21. The zero-order valence-electron chi connectivity index (χ0n) is 15.5. The first-order valence-electron chi connectivity index (χ1n) is 9.22. The van der Waals surface area contributed by atoms with Crippen molar-refractivity contribution in [1.82, 2.24) is 9.97 Å². The highest BCUT2D eigenvalue weighted by Crippen LogP contribution is 2.35. The Hall–Kier alpha value is -3.09. The number of pyridine rings is 1. The predicted octanol–water partition coefficient (Wildman–Crippen LogP) is 2.99. The van der Waals surface area contributed by atoms with Crippen molar-refractivity contribution in [3.05, 3.63) is 40.8 Å². The standard InChI is InChI=1S/C20H22N4O3/c1-3-27-20(26)15-8-12(2)22-16(15)9-14-13-10-18(24-6-4-5-7-24)21-11-17(13)23-19(14)25/h8-11,22H,3-7H2,1-2H3,(H,23,25)/b14-9-. The molecule has 7 heteroatoms. The molecule has 0 unspecified atom stereocenters. The Balaban J connectivity index is 1.74. The minimum absolute atomic E-state index is 0.201. The van der Waals surface area contributed by atoms with Gasteiger partial charge in [0.25, 0.3) is 5.91 Å². The number of carbonyl (C=O) groups is 2. The van der Waals surface area contributed by atoms with Crippen LogP contribution in [0, 0.1) is 6.92 Å². The number of H-pyrrole nitrogens is 1. The molecule has 2 aliphatic rings. The lowest BCUT2D eigenvalue weighted by Crippen LogP contribution is -2.18. The highest BCUT2D eigenvalue weighted by molar-refractivity contribution is 6.35. The number of aromatic nitrogens is 2. The number of rotatable bonds is 4. The van der Waals surface area contributed by atoms with E-state index in [-0.39, 0.29) is 5.91 Å². The number of aryl methyl sites for hydroxylation is 1. The van der Waals surface area contributed by atoms with E-state index in [9.17, 15) is 9.59 Å². The summed E-state index contributed by atoms with van der Waals surface area (Å²) < 4.78 is 5.12. The summed E-state index contributed by atoms with van der Waals surface area (Å²) in [6.07, 6.45) is 5.73. The molecule has 1 saturated heterocycles. The van der Waals surface area contributed by atoms with E-state index >= 15 is 0 Å². The second-order valence-corrected chi connectivity index (χ2v) is 6.79. The molecule has 2 aromatic rings. The normalized spacial score (nSPS) is 17.3. The van der Waals surface area contributed by atoms with Crippen molar-refractivity contribution in [2.75, 3.05) is 29.9 Å². The molecule has 0 spiro atoms. The molecule has 2 N–H and O–H groups in total. The number of anilines is 2. The summed E-state index contributed by atoms with van der Waals surface area (Å²) in [5, 5.41) is 2.85. The van der Waals surface area contributed by atoms with Gasteiger partial charge in [0.2, 0.25) is 0 Å². The van der Waals surface area contributed by atoms with E-state index in [2.05, 4.69) is 20.2 Å². The van der Waals surface area contributed by atoms with Gasteiger partial charge in [-0.3, -0.25) is 4.79 Å². The highest BCUT2D eigenvalue weighted by atomic mass is 16.5. The van der Waals surface area contributed by atoms with E-state index in [0.717, 1.165) is 43.0 Å². The largest absolute Gasteiger partial charge is 0.462 e.